The lowest BCUT2D eigenvalue weighted by molar-refractivity contribution is 0.0205. The van der Waals surface area contributed by atoms with Crippen molar-refractivity contribution in [2.45, 2.75) is 24.9 Å². The van der Waals surface area contributed by atoms with Gasteiger partial charge in [0.25, 0.3) is 5.91 Å². The van der Waals surface area contributed by atoms with E-state index in [1.807, 2.05) is 0 Å². The lowest BCUT2D eigenvalue weighted by atomic mass is 9.98. The van der Waals surface area contributed by atoms with Crippen LogP contribution in [0.3, 0.4) is 0 Å². The zero-order valence-electron chi connectivity index (χ0n) is 13.0. The third kappa shape index (κ3) is 2.46. The summed E-state index contributed by atoms with van der Waals surface area (Å²) < 4.78 is 19.7. The fourth-order valence-electron chi connectivity index (χ4n) is 3.16. The van der Waals surface area contributed by atoms with Gasteiger partial charge in [-0.3, -0.25) is 4.79 Å². The second-order valence-corrected chi connectivity index (χ2v) is 6.24. The van der Waals surface area contributed by atoms with Gasteiger partial charge in [-0.05, 0) is 49.1 Å². The Morgan fingerprint density at radius 2 is 1.96 bits per heavy atom. The fourth-order valence-corrected chi connectivity index (χ4v) is 3.16. The first-order valence-electron chi connectivity index (χ1n) is 7.99. The Balaban J connectivity index is 1.59. The zero-order chi connectivity index (χ0) is 16.7. The zero-order valence-corrected chi connectivity index (χ0v) is 13.0. The number of esters is 1. The molecule has 2 aromatic rings. The van der Waals surface area contributed by atoms with Crippen molar-refractivity contribution in [3.05, 3.63) is 70.5 Å². The molecule has 2 aliphatic rings. The highest BCUT2D eigenvalue weighted by molar-refractivity contribution is 5.98. The Bertz CT molecular complexity index is 842. The molecule has 1 saturated carbocycles. The molecule has 4 rings (SSSR count). The van der Waals surface area contributed by atoms with Crippen LogP contribution < -0.4 is 5.32 Å². The summed E-state index contributed by atoms with van der Waals surface area (Å²) in [4.78, 5) is 24.3. The first kappa shape index (κ1) is 14.9. The van der Waals surface area contributed by atoms with E-state index in [1.165, 1.54) is 6.07 Å². The van der Waals surface area contributed by atoms with Gasteiger partial charge in [-0.15, -0.1) is 0 Å². The molecular weight excluding hydrogens is 309 g/mol. The number of hydrogen-bond acceptors (Lipinski definition) is 3. The molecule has 1 amide bonds. The van der Waals surface area contributed by atoms with Crippen LogP contribution in [0, 0.1) is 5.82 Å². The van der Waals surface area contributed by atoms with Crippen LogP contribution in [0.5, 0.6) is 0 Å². The summed E-state index contributed by atoms with van der Waals surface area (Å²) in [6, 6.07) is 11.3. The molecule has 24 heavy (non-hydrogen) atoms. The molecule has 0 spiro atoms. The summed E-state index contributed by atoms with van der Waals surface area (Å²) >= 11 is 0. The van der Waals surface area contributed by atoms with Gasteiger partial charge in [-0.25, -0.2) is 9.18 Å². The molecule has 1 aliphatic heterocycles. The van der Waals surface area contributed by atoms with Crippen LogP contribution >= 0.6 is 0 Å². The maximum absolute atomic E-state index is 14.0. The van der Waals surface area contributed by atoms with Crippen LogP contribution in [0.1, 0.15) is 44.7 Å². The van der Waals surface area contributed by atoms with Gasteiger partial charge in [0.2, 0.25) is 0 Å². The van der Waals surface area contributed by atoms with Crippen LogP contribution in [0.15, 0.2) is 42.5 Å². The Morgan fingerprint density at radius 1 is 1.17 bits per heavy atom. The van der Waals surface area contributed by atoms with Gasteiger partial charge in [0.05, 0.1) is 5.56 Å². The fraction of sp³-hybridized carbons (Fsp3) is 0.263. The number of hydrogen-bond donors (Lipinski definition) is 1. The largest absolute Gasteiger partial charge is 0.450 e. The number of amides is 1. The smallest absolute Gasteiger partial charge is 0.339 e. The molecule has 1 heterocycles. The summed E-state index contributed by atoms with van der Waals surface area (Å²) in [5, 5.41) is 2.77. The predicted molar refractivity (Wildman–Crippen MR) is 85.2 cm³/mol. The minimum atomic E-state index is -0.851. The monoisotopic (exact) mass is 325 g/mol. The molecule has 0 saturated heterocycles. The Hall–Kier alpha value is -2.69. The van der Waals surface area contributed by atoms with Crippen molar-refractivity contribution in [1.82, 2.24) is 5.32 Å². The molecule has 0 aromatic heterocycles. The van der Waals surface area contributed by atoms with E-state index in [9.17, 15) is 14.0 Å². The van der Waals surface area contributed by atoms with Crippen molar-refractivity contribution in [2.75, 3.05) is 6.54 Å². The second-order valence-electron chi connectivity index (χ2n) is 6.24. The van der Waals surface area contributed by atoms with Gasteiger partial charge >= 0.3 is 5.97 Å². The van der Waals surface area contributed by atoms with Crippen LogP contribution in [0.25, 0.3) is 0 Å². The maximum Gasteiger partial charge on any atom is 0.339 e. The van der Waals surface area contributed by atoms with Gasteiger partial charge in [0, 0.05) is 17.7 Å². The number of benzene rings is 2. The van der Waals surface area contributed by atoms with Crippen molar-refractivity contribution < 1.29 is 18.7 Å². The minimum Gasteiger partial charge on any atom is -0.450 e. The quantitative estimate of drug-likeness (QED) is 0.883. The average molecular weight is 325 g/mol. The average Bonchev–Trinajstić information content (AvgIpc) is 3.35. The molecule has 0 bridgehead atoms. The highest BCUT2D eigenvalue weighted by Crippen LogP contribution is 2.50. The van der Waals surface area contributed by atoms with Gasteiger partial charge < -0.3 is 10.1 Å². The van der Waals surface area contributed by atoms with Crippen LogP contribution in [-0.2, 0) is 16.8 Å². The highest BCUT2D eigenvalue weighted by Gasteiger charge is 2.50. The standard InChI is InChI=1S/C19H16FNO3/c20-16-4-2-1-3-15(16)19(8-9-19)24-18(23)13-5-6-14-12(11-13)7-10-21-17(14)22/h1-6,11H,7-10H2,(H,21,22). The number of ether oxygens (including phenoxy) is 1. The minimum absolute atomic E-state index is 0.124. The van der Waals surface area contributed by atoms with Crippen molar-refractivity contribution in [3.8, 4) is 0 Å². The SMILES string of the molecule is O=C(OC1(c2ccccc2F)CC1)c1ccc2c(c1)CCNC2=O. The van der Waals surface area contributed by atoms with Gasteiger partial charge in [0.1, 0.15) is 11.4 Å². The third-order valence-corrected chi connectivity index (χ3v) is 4.62. The number of halogens is 1. The number of carbonyl (C=O) groups is 2. The molecule has 1 fully saturated rings. The van der Waals surface area contributed by atoms with Crippen molar-refractivity contribution in [3.63, 3.8) is 0 Å². The summed E-state index contributed by atoms with van der Waals surface area (Å²) in [5.41, 5.74) is 1.40. The van der Waals surface area contributed by atoms with E-state index >= 15 is 0 Å². The van der Waals surface area contributed by atoms with Crippen molar-refractivity contribution >= 4 is 11.9 Å². The Morgan fingerprint density at radius 3 is 2.71 bits per heavy atom. The molecule has 0 radical (unpaired) electrons. The normalized spacial score (nSPS) is 17.6. The summed E-state index contributed by atoms with van der Waals surface area (Å²) in [6.45, 7) is 0.559. The summed E-state index contributed by atoms with van der Waals surface area (Å²) in [5.74, 6) is -0.962. The molecule has 4 nitrogen and oxygen atoms in total. The van der Waals surface area contributed by atoms with E-state index in [4.69, 9.17) is 4.74 Å². The summed E-state index contributed by atoms with van der Waals surface area (Å²) in [7, 11) is 0. The molecule has 1 N–H and O–H groups in total. The van der Waals surface area contributed by atoms with Crippen LogP contribution in [-0.4, -0.2) is 18.4 Å². The topological polar surface area (TPSA) is 55.4 Å². The number of nitrogens with one attached hydrogen (secondary N) is 1. The van der Waals surface area contributed by atoms with E-state index in [-0.39, 0.29) is 11.7 Å². The van der Waals surface area contributed by atoms with E-state index in [0.717, 1.165) is 5.56 Å². The first-order chi connectivity index (χ1) is 11.6. The van der Waals surface area contributed by atoms with Gasteiger partial charge in [-0.2, -0.15) is 0 Å². The molecule has 5 heteroatoms. The molecule has 1 aliphatic carbocycles. The Labute approximate surface area is 138 Å². The van der Waals surface area contributed by atoms with Gasteiger partial charge in [0.15, 0.2) is 0 Å². The van der Waals surface area contributed by atoms with Crippen LogP contribution in [0.4, 0.5) is 4.39 Å². The molecule has 0 unspecified atom stereocenters. The first-order valence-corrected chi connectivity index (χ1v) is 7.99. The highest BCUT2D eigenvalue weighted by atomic mass is 19.1. The van der Waals surface area contributed by atoms with E-state index in [2.05, 4.69) is 5.32 Å². The number of rotatable bonds is 3. The van der Waals surface area contributed by atoms with Gasteiger partial charge in [-0.1, -0.05) is 18.2 Å². The second kappa shape index (κ2) is 5.44. The summed E-state index contributed by atoms with van der Waals surface area (Å²) in [6.07, 6.45) is 1.92. The molecule has 0 atom stereocenters. The number of carbonyl (C=O) groups excluding carboxylic acids is 2. The van der Waals surface area contributed by atoms with E-state index in [0.29, 0.717) is 42.5 Å². The number of fused-ring (bicyclic) bond motifs is 1. The van der Waals surface area contributed by atoms with Crippen LogP contribution in [0.2, 0.25) is 0 Å². The van der Waals surface area contributed by atoms with Crippen molar-refractivity contribution in [1.29, 1.82) is 0 Å². The molecule has 122 valence electrons. The molecular formula is C19H16FNO3. The third-order valence-electron chi connectivity index (χ3n) is 4.62. The molecule has 2 aromatic carbocycles. The lowest BCUT2D eigenvalue weighted by Crippen LogP contribution is -2.32. The lowest BCUT2D eigenvalue weighted by Gasteiger charge is -2.20. The van der Waals surface area contributed by atoms with E-state index < -0.39 is 11.6 Å². The maximum atomic E-state index is 14.0. The Kier molecular flexibility index (Phi) is 3.37. The van der Waals surface area contributed by atoms with Crippen molar-refractivity contribution in [2.24, 2.45) is 0 Å². The predicted octanol–water partition coefficient (Wildman–Crippen LogP) is 2.96. The van der Waals surface area contributed by atoms with E-state index in [1.54, 1.807) is 36.4 Å².